The Bertz CT molecular complexity index is 1070. The van der Waals surface area contributed by atoms with Crippen LogP contribution >= 0.6 is 0 Å². The molecule has 0 aliphatic carbocycles. The van der Waals surface area contributed by atoms with Crippen molar-refractivity contribution in [2.75, 3.05) is 19.0 Å². The van der Waals surface area contributed by atoms with Crippen LogP contribution in [0.25, 0.3) is 6.08 Å². The summed E-state index contributed by atoms with van der Waals surface area (Å²) >= 11 is 2.73. The molecule has 0 saturated carbocycles. The number of para-hydroxylation sites is 2. The molecule has 2 amide bonds. The first-order valence-corrected chi connectivity index (χ1v) is 11.9. The first kappa shape index (κ1) is 20.6. The summed E-state index contributed by atoms with van der Waals surface area (Å²) in [4.78, 5) is 30.5. The molecule has 0 spiro atoms. The van der Waals surface area contributed by atoms with Gasteiger partial charge in [-0.25, -0.2) is 0 Å². The molecule has 1 aromatic heterocycles. The van der Waals surface area contributed by atoms with E-state index in [1.807, 2.05) is 42.5 Å². The molecule has 0 N–H and O–H groups in total. The molecule has 0 atom stereocenters. The van der Waals surface area contributed by atoms with Crippen LogP contribution in [0.4, 0.5) is 15.9 Å². The number of benzene rings is 2. The van der Waals surface area contributed by atoms with Gasteiger partial charge >= 0.3 is 190 Å². The number of carbonyl (C=O) groups is 2. The average Bonchev–Trinajstić information content (AvgIpc) is 3.24. The Morgan fingerprint density at radius 1 is 0.800 bits per heavy atom. The van der Waals surface area contributed by atoms with Gasteiger partial charge < -0.3 is 0 Å². The van der Waals surface area contributed by atoms with Crippen molar-refractivity contribution in [1.29, 1.82) is 0 Å². The third kappa shape index (κ3) is 3.85. The second-order valence-corrected chi connectivity index (χ2v) is 9.81. The molecule has 3 aromatic rings. The van der Waals surface area contributed by atoms with Crippen molar-refractivity contribution in [1.82, 2.24) is 9.80 Å². The summed E-state index contributed by atoms with van der Waals surface area (Å²) < 4.78 is 2.63. The first-order chi connectivity index (χ1) is 14.5. The number of hydrogen-bond acceptors (Lipinski definition) is 3. The number of nitrogens with zero attached hydrogens (tertiary/aromatic N) is 3. The molecule has 150 valence electrons. The molecule has 30 heavy (non-hydrogen) atoms. The summed E-state index contributed by atoms with van der Waals surface area (Å²) in [6.45, 7) is 0. The van der Waals surface area contributed by atoms with Crippen molar-refractivity contribution in [3.05, 3.63) is 82.8 Å². The van der Waals surface area contributed by atoms with Gasteiger partial charge in [-0.3, -0.25) is 0 Å². The van der Waals surface area contributed by atoms with Crippen molar-refractivity contribution in [2.45, 2.75) is 0 Å². The van der Waals surface area contributed by atoms with Gasteiger partial charge in [0.05, 0.1) is 0 Å². The van der Waals surface area contributed by atoms with E-state index in [-0.39, 0.29) is 31.9 Å². The maximum atomic E-state index is 12.7. The topological polar surface area (TPSA) is 43.9 Å². The van der Waals surface area contributed by atoms with Gasteiger partial charge in [0, 0.05) is 0 Å². The summed E-state index contributed by atoms with van der Waals surface area (Å²) in [5, 5.41) is 0. The van der Waals surface area contributed by atoms with Crippen molar-refractivity contribution >= 4 is 68.6 Å². The van der Waals surface area contributed by atoms with Crippen molar-refractivity contribution in [3.8, 4) is 0 Å². The molecule has 1 saturated heterocycles. The van der Waals surface area contributed by atoms with E-state index in [0.717, 1.165) is 20.4 Å². The predicted octanol–water partition coefficient (Wildman–Crippen LogP) is 2.78. The zero-order valence-electron chi connectivity index (χ0n) is 16.5. The van der Waals surface area contributed by atoms with Crippen LogP contribution in [-0.4, -0.2) is 70.5 Å². The van der Waals surface area contributed by atoms with E-state index in [1.165, 1.54) is 9.80 Å². The van der Waals surface area contributed by atoms with E-state index in [2.05, 4.69) is 50.8 Å². The van der Waals surface area contributed by atoms with Crippen molar-refractivity contribution < 1.29 is 9.59 Å². The van der Waals surface area contributed by atoms with Crippen LogP contribution in [0.1, 0.15) is 4.44 Å². The van der Waals surface area contributed by atoms with Crippen LogP contribution in [0.2, 0.25) is 0 Å². The van der Waals surface area contributed by atoms with Crippen LogP contribution in [0.3, 0.4) is 0 Å². The van der Waals surface area contributed by atoms with Crippen LogP contribution in [0.15, 0.2) is 78.4 Å². The molecular formula is C23H19N3O2Se2. The summed E-state index contributed by atoms with van der Waals surface area (Å²) in [5.74, 6) is -0.583. The number of carbonyl (C=O) groups excluding carboxylic acids is 2. The van der Waals surface area contributed by atoms with Crippen molar-refractivity contribution in [3.63, 3.8) is 0 Å². The average molecular weight is 527 g/mol. The molecule has 1 aliphatic heterocycles. The molecule has 2 heterocycles. The molecule has 1 fully saturated rings. The van der Waals surface area contributed by atoms with Gasteiger partial charge in [-0.05, 0) is 0 Å². The third-order valence-corrected chi connectivity index (χ3v) is 8.08. The molecule has 5 nitrogen and oxygen atoms in total. The molecule has 1 aliphatic rings. The fourth-order valence-electron chi connectivity index (χ4n) is 3.21. The minimum atomic E-state index is -0.292. The molecule has 0 radical (unpaired) electrons. The Balaban J connectivity index is 1.73. The van der Waals surface area contributed by atoms with Gasteiger partial charge in [0.25, 0.3) is 0 Å². The second-order valence-electron chi connectivity index (χ2n) is 6.75. The predicted molar refractivity (Wildman–Crippen MR) is 122 cm³/mol. The van der Waals surface area contributed by atoms with Crippen LogP contribution in [-0.2, 0) is 9.59 Å². The fraction of sp³-hybridized carbons (Fsp3) is 0.0870. The van der Waals surface area contributed by atoms with Crippen LogP contribution in [0.5, 0.6) is 0 Å². The maximum absolute atomic E-state index is 12.7. The van der Waals surface area contributed by atoms with E-state index in [4.69, 9.17) is 0 Å². The van der Waals surface area contributed by atoms with E-state index >= 15 is 0 Å². The molecule has 4 rings (SSSR count). The summed E-state index contributed by atoms with van der Waals surface area (Å²) in [7, 11) is 3.32. The third-order valence-electron chi connectivity index (χ3n) is 4.79. The Hall–Kier alpha value is -2.69. The quantitative estimate of drug-likeness (QED) is 0.298. The van der Waals surface area contributed by atoms with Crippen LogP contribution < -0.4 is 4.90 Å². The zero-order valence-corrected chi connectivity index (χ0v) is 19.9. The van der Waals surface area contributed by atoms with E-state index in [1.54, 1.807) is 20.2 Å². The summed E-state index contributed by atoms with van der Waals surface area (Å²) in [5.41, 5.74) is 2.33. The van der Waals surface area contributed by atoms with Gasteiger partial charge in [0.15, 0.2) is 0 Å². The number of amides is 2. The Morgan fingerprint density at radius 2 is 1.30 bits per heavy atom. The normalized spacial score (nSPS) is 14.3. The molecule has 0 unspecified atom stereocenters. The molecule has 7 heteroatoms. The van der Waals surface area contributed by atoms with Gasteiger partial charge in [0.1, 0.15) is 0 Å². The Kier molecular flexibility index (Phi) is 5.89. The number of anilines is 3. The SMILES string of the molecule is CN1C(=O)C(=Cc2ccc(N(c3ccccc3)c3ccccc3)[se]2)C(=O)N(C)C1=[Se]. The van der Waals surface area contributed by atoms with Gasteiger partial charge in [-0.2, -0.15) is 0 Å². The van der Waals surface area contributed by atoms with Crippen molar-refractivity contribution in [2.24, 2.45) is 0 Å². The van der Waals surface area contributed by atoms with Gasteiger partial charge in [-0.15, -0.1) is 0 Å². The second kappa shape index (κ2) is 8.58. The summed E-state index contributed by atoms with van der Waals surface area (Å²) in [6.07, 6.45) is 1.74. The first-order valence-electron chi connectivity index (χ1n) is 9.29. The van der Waals surface area contributed by atoms with E-state index < -0.39 is 0 Å². The molecule has 2 aromatic carbocycles. The summed E-state index contributed by atoms with van der Waals surface area (Å²) in [6, 6.07) is 24.5. The number of likely N-dealkylation sites (N-methyl/N-ethyl adjacent to an activating group) is 2. The number of hydrogen-bond donors (Lipinski definition) is 0. The molecular weight excluding hydrogens is 508 g/mol. The number of rotatable bonds is 4. The Labute approximate surface area is 189 Å². The van der Waals surface area contributed by atoms with E-state index in [9.17, 15) is 9.59 Å². The Morgan fingerprint density at radius 3 is 1.80 bits per heavy atom. The minimum absolute atomic E-state index is 0.0568. The fourth-order valence-corrected chi connectivity index (χ4v) is 5.65. The van der Waals surface area contributed by atoms with Gasteiger partial charge in [-0.1, -0.05) is 0 Å². The van der Waals surface area contributed by atoms with Gasteiger partial charge in [0.2, 0.25) is 0 Å². The monoisotopic (exact) mass is 529 g/mol. The van der Waals surface area contributed by atoms with E-state index in [0.29, 0.717) is 4.67 Å². The standard InChI is InChI=1S/C23H19N3O2Se2/c1-24-21(27)19(22(28)25(2)23(24)29)15-18-13-14-20(30-18)26(16-9-5-3-6-10-16)17-11-7-4-8-12-17/h3-15H,1-2H3. The zero-order chi connectivity index (χ0) is 21.3. The van der Waals surface area contributed by atoms with Crippen LogP contribution in [0, 0.1) is 0 Å². The molecule has 0 bridgehead atoms.